The van der Waals surface area contributed by atoms with Crippen molar-refractivity contribution < 1.29 is 13.9 Å². The summed E-state index contributed by atoms with van der Waals surface area (Å²) in [5, 5.41) is 12.7. The number of aliphatic hydroxyl groups excluding tert-OH is 1. The fourth-order valence-electron chi connectivity index (χ4n) is 1.78. The molecule has 0 aliphatic rings. The minimum atomic E-state index is -0.243. The summed E-state index contributed by atoms with van der Waals surface area (Å²) in [6.45, 7) is 1.80. The lowest BCUT2D eigenvalue weighted by Gasteiger charge is -2.02. The van der Waals surface area contributed by atoms with Gasteiger partial charge in [0.1, 0.15) is 17.2 Å². The third-order valence-corrected chi connectivity index (χ3v) is 3.77. The highest BCUT2D eigenvalue weighted by molar-refractivity contribution is 7.99. The highest BCUT2D eigenvalue weighted by Gasteiger charge is 2.04. The summed E-state index contributed by atoms with van der Waals surface area (Å²) in [5.74, 6) is 2.57. The summed E-state index contributed by atoms with van der Waals surface area (Å²) in [7, 11) is 0. The van der Waals surface area contributed by atoms with Crippen LogP contribution in [0.5, 0.6) is 0 Å². The monoisotopic (exact) mass is 283 g/mol. The molecule has 0 radical (unpaired) electrons. The van der Waals surface area contributed by atoms with Crippen LogP contribution in [0.4, 0.5) is 4.39 Å². The van der Waals surface area contributed by atoms with Crippen LogP contribution >= 0.6 is 11.8 Å². The van der Waals surface area contributed by atoms with Crippen molar-refractivity contribution in [1.82, 2.24) is 5.32 Å². The Kier molecular flexibility index (Phi) is 5.69. The number of fused-ring (bicyclic) bond motifs is 1. The van der Waals surface area contributed by atoms with E-state index in [1.54, 1.807) is 6.07 Å². The van der Waals surface area contributed by atoms with Gasteiger partial charge in [-0.05, 0) is 36.4 Å². The van der Waals surface area contributed by atoms with Crippen LogP contribution in [0.2, 0.25) is 0 Å². The van der Waals surface area contributed by atoms with Gasteiger partial charge in [-0.2, -0.15) is 11.8 Å². The Morgan fingerprint density at radius 2 is 2.16 bits per heavy atom. The first-order valence-electron chi connectivity index (χ1n) is 6.37. The van der Waals surface area contributed by atoms with Crippen molar-refractivity contribution in [1.29, 1.82) is 0 Å². The molecule has 1 aromatic heterocycles. The van der Waals surface area contributed by atoms with Crippen LogP contribution in [-0.4, -0.2) is 29.8 Å². The van der Waals surface area contributed by atoms with Crippen LogP contribution < -0.4 is 5.32 Å². The lowest BCUT2D eigenvalue weighted by Crippen LogP contribution is -2.16. The molecule has 2 rings (SSSR count). The lowest BCUT2D eigenvalue weighted by molar-refractivity contribution is 0.296. The Hall–Kier alpha value is -1.04. The van der Waals surface area contributed by atoms with E-state index in [0.717, 1.165) is 41.2 Å². The molecule has 0 fully saturated rings. The van der Waals surface area contributed by atoms with E-state index < -0.39 is 0 Å². The Balaban J connectivity index is 1.72. The fourth-order valence-corrected chi connectivity index (χ4v) is 2.61. The molecule has 0 atom stereocenters. The van der Waals surface area contributed by atoms with Crippen LogP contribution in [0, 0.1) is 5.82 Å². The zero-order valence-electron chi connectivity index (χ0n) is 10.7. The molecule has 2 aromatic rings. The van der Waals surface area contributed by atoms with Gasteiger partial charge in [-0.3, -0.25) is 0 Å². The Morgan fingerprint density at radius 1 is 1.26 bits per heavy atom. The number of rotatable bonds is 8. The van der Waals surface area contributed by atoms with E-state index in [4.69, 9.17) is 9.52 Å². The van der Waals surface area contributed by atoms with Gasteiger partial charge in [0.2, 0.25) is 0 Å². The lowest BCUT2D eigenvalue weighted by atomic mass is 10.2. The van der Waals surface area contributed by atoms with Crippen molar-refractivity contribution in [2.45, 2.75) is 13.0 Å². The van der Waals surface area contributed by atoms with Gasteiger partial charge < -0.3 is 14.8 Å². The normalized spacial score (nSPS) is 11.3. The Bertz CT molecular complexity index is 515. The second-order valence-corrected chi connectivity index (χ2v) is 5.49. The van der Waals surface area contributed by atoms with Crippen LogP contribution in [0.1, 0.15) is 12.2 Å². The van der Waals surface area contributed by atoms with Crippen LogP contribution in [0.25, 0.3) is 11.0 Å². The molecule has 0 saturated carbocycles. The molecule has 1 heterocycles. The average Bonchev–Trinajstić information content (AvgIpc) is 2.79. The Labute approximate surface area is 116 Å². The first-order chi connectivity index (χ1) is 9.29. The quantitative estimate of drug-likeness (QED) is 0.731. The summed E-state index contributed by atoms with van der Waals surface area (Å²) in [6, 6.07) is 6.40. The molecule has 0 amide bonds. The summed E-state index contributed by atoms with van der Waals surface area (Å²) in [6.07, 6.45) is 0.847. The van der Waals surface area contributed by atoms with Crippen LogP contribution in [0.15, 0.2) is 28.7 Å². The first-order valence-corrected chi connectivity index (χ1v) is 7.52. The molecule has 0 aliphatic heterocycles. The van der Waals surface area contributed by atoms with Gasteiger partial charge in [0.25, 0.3) is 0 Å². The third kappa shape index (κ3) is 4.53. The van der Waals surface area contributed by atoms with E-state index in [1.165, 1.54) is 12.1 Å². The maximum atomic E-state index is 13.0. The van der Waals surface area contributed by atoms with Gasteiger partial charge >= 0.3 is 0 Å². The second-order valence-electron chi connectivity index (χ2n) is 4.26. The zero-order valence-corrected chi connectivity index (χ0v) is 11.5. The van der Waals surface area contributed by atoms with E-state index in [-0.39, 0.29) is 12.4 Å². The zero-order chi connectivity index (χ0) is 13.5. The summed E-state index contributed by atoms with van der Waals surface area (Å²) in [5.41, 5.74) is 0.718. The highest BCUT2D eigenvalue weighted by Crippen LogP contribution is 2.20. The van der Waals surface area contributed by atoms with E-state index in [1.807, 2.05) is 17.8 Å². The smallest absolute Gasteiger partial charge is 0.134 e. The average molecular weight is 283 g/mol. The van der Waals surface area contributed by atoms with Gasteiger partial charge in [0.05, 0.1) is 6.54 Å². The third-order valence-electron chi connectivity index (χ3n) is 2.70. The number of furan rings is 1. The molecule has 5 heteroatoms. The van der Waals surface area contributed by atoms with E-state index in [9.17, 15) is 4.39 Å². The van der Waals surface area contributed by atoms with Crippen molar-refractivity contribution in [3.05, 3.63) is 35.8 Å². The molecular weight excluding hydrogens is 265 g/mol. The van der Waals surface area contributed by atoms with Crippen molar-refractivity contribution in [2.24, 2.45) is 0 Å². The van der Waals surface area contributed by atoms with Crippen LogP contribution in [-0.2, 0) is 6.54 Å². The minimum Gasteiger partial charge on any atom is -0.460 e. The summed E-state index contributed by atoms with van der Waals surface area (Å²) in [4.78, 5) is 0. The maximum Gasteiger partial charge on any atom is 0.134 e. The molecule has 2 N–H and O–H groups in total. The molecule has 3 nitrogen and oxygen atoms in total. The molecular formula is C14H18FNO2S. The predicted molar refractivity (Wildman–Crippen MR) is 76.9 cm³/mol. The highest BCUT2D eigenvalue weighted by atomic mass is 32.2. The van der Waals surface area contributed by atoms with Crippen LogP contribution in [0.3, 0.4) is 0 Å². The standard InChI is InChI=1S/C14H18FNO2S/c15-12-2-3-14-11(8-12)9-13(18-14)10-16-4-7-19-6-1-5-17/h2-3,8-9,16-17H,1,4-7,10H2. The summed E-state index contributed by atoms with van der Waals surface area (Å²) >= 11 is 1.82. The molecule has 0 saturated heterocycles. The van der Waals surface area contributed by atoms with Gasteiger partial charge in [-0.1, -0.05) is 0 Å². The fraction of sp³-hybridized carbons (Fsp3) is 0.429. The van der Waals surface area contributed by atoms with E-state index >= 15 is 0 Å². The number of benzene rings is 1. The van der Waals surface area contributed by atoms with Gasteiger partial charge in [0.15, 0.2) is 0 Å². The molecule has 19 heavy (non-hydrogen) atoms. The van der Waals surface area contributed by atoms with Crippen molar-refractivity contribution in [3.8, 4) is 0 Å². The molecule has 1 aromatic carbocycles. The van der Waals surface area contributed by atoms with Crippen molar-refractivity contribution in [3.63, 3.8) is 0 Å². The van der Waals surface area contributed by atoms with Crippen molar-refractivity contribution in [2.75, 3.05) is 24.7 Å². The molecule has 0 bridgehead atoms. The molecule has 104 valence electrons. The molecule has 0 unspecified atom stereocenters. The predicted octanol–water partition coefficient (Wildman–Crippen LogP) is 2.78. The Morgan fingerprint density at radius 3 is 3.00 bits per heavy atom. The minimum absolute atomic E-state index is 0.243. The number of hydrogen-bond donors (Lipinski definition) is 2. The topological polar surface area (TPSA) is 45.4 Å². The number of hydrogen-bond acceptors (Lipinski definition) is 4. The SMILES string of the molecule is OCCCSCCNCc1cc2cc(F)ccc2o1. The number of aliphatic hydroxyl groups is 1. The number of thioether (sulfide) groups is 1. The number of nitrogens with one attached hydrogen (secondary N) is 1. The summed E-state index contributed by atoms with van der Waals surface area (Å²) < 4.78 is 18.6. The largest absolute Gasteiger partial charge is 0.460 e. The first kappa shape index (κ1) is 14.4. The second kappa shape index (κ2) is 7.53. The van der Waals surface area contributed by atoms with E-state index in [2.05, 4.69) is 5.32 Å². The van der Waals surface area contributed by atoms with Gasteiger partial charge in [-0.25, -0.2) is 4.39 Å². The van der Waals surface area contributed by atoms with Crippen molar-refractivity contribution >= 4 is 22.7 Å². The maximum absolute atomic E-state index is 13.0. The number of halogens is 1. The van der Waals surface area contributed by atoms with Gasteiger partial charge in [-0.15, -0.1) is 0 Å². The van der Waals surface area contributed by atoms with Gasteiger partial charge in [0, 0.05) is 24.3 Å². The molecule has 0 aliphatic carbocycles. The van der Waals surface area contributed by atoms with E-state index in [0.29, 0.717) is 6.54 Å². The molecule has 0 spiro atoms.